The Bertz CT molecular complexity index is 1360. The van der Waals surface area contributed by atoms with Crippen molar-refractivity contribution >= 4 is 17.9 Å². The Balaban J connectivity index is 1.37. The van der Waals surface area contributed by atoms with Crippen LogP contribution in [-0.2, 0) is 19.1 Å². The van der Waals surface area contributed by atoms with Gasteiger partial charge >= 0.3 is 17.9 Å². The lowest BCUT2D eigenvalue weighted by Crippen LogP contribution is -2.10. The Morgan fingerprint density at radius 1 is 0.628 bits per heavy atom. The van der Waals surface area contributed by atoms with Gasteiger partial charge in [0, 0.05) is 25.0 Å². The largest absolute Gasteiger partial charge is 0.493 e. The van der Waals surface area contributed by atoms with Crippen molar-refractivity contribution < 1.29 is 47.5 Å². The van der Waals surface area contributed by atoms with Crippen LogP contribution in [0, 0.1) is 6.92 Å². The van der Waals surface area contributed by atoms with Crippen LogP contribution in [0.15, 0.2) is 92.0 Å². The summed E-state index contributed by atoms with van der Waals surface area (Å²) in [7, 11) is 0. The molecule has 0 spiro atoms. The zero-order chi connectivity index (χ0) is 30.9. The lowest BCUT2D eigenvalue weighted by atomic mass is 10.2. The average molecular weight is 591 g/mol. The van der Waals surface area contributed by atoms with E-state index in [2.05, 4.69) is 13.2 Å². The van der Waals surface area contributed by atoms with Crippen LogP contribution in [0.25, 0.3) is 0 Å². The van der Waals surface area contributed by atoms with E-state index in [0.717, 1.165) is 17.7 Å². The summed E-state index contributed by atoms with van der Waals surface area (Å²) in [6.07, 6.45) is 3.32. The molecular formula is C33H34O10. The van der Waals surface area contributed by atoms with Crippen LogP contribution in [0.2, 0.25) is 0 Å². The maximum atomic E-state index is 12.6. The average Bonchev–Trinajstić information content (AvgIpc) is 3.02. The van der Waals surface area contributed by atoms with Gasteiger partial charge in [0.05, 0.1) is 32.0 Å². The van der Waals surface area contributed by atoms with Gasteiger partial charge in [0.15, 0.2) is 0 Å². The first-order valence-corrected chi connectivity index (χ1v) is 13.5. The molecule has 0 atom stereocenters. The number of benzene rings is 3. The molecule has 0 saturated carbocycles. The van der Waals surface area contributed by atoms with E-state index < -0.39 is 17.9 Å². The molecule has 43 heavy (non-hydrogen) atoms. The maximum absolute atomic E-state index is 12.6. The third-order valence-corrected chi connectivity index (χ3v) is 5.65. The van der Waals surface area contributed by atoms with Crippen molar-refractivity contribution in [3.8, 4) is 28.7 Å². The third-order valence-electron chi connectivity index (χ3n) is 5.65. The van der Waals surface area contributed by atoms with Gasteiger partial charge in [-0.15, -0.1) is 0 Å². The zero-order valence-corrected chi connectivity index (χ0v) is 24.0. The molecule has 0 unspecified atom stereocenters. The third kappa shape index (κ3) is 11.6. The van der Waals surface area contributed by atoms with Crippen LogP contribution < -0.4 is 23.7 Å². The fourth-order valence-electron chi connectivity index (χ4n) is 3.45. The molecule has 0 radical (unpaired) electrons. The lowest BCUT2D eigenvalue weighted by Gasteiger charge is -2.12. The van der Waals surface area contributed by atoms with Crippen molar-refractivity contribution in [2.45, 2.75) is 19.8 Å². The Labute approximate surface area is 250 Å². The molecule has 0 bridgehead atoms. The van der Waals surface area contributed by atoms with E-state index in [-0.39, 0.29) is 20.0 Å². The summed E-state index contributed by atoms with van der Waals surface area (Å²) in [5.74, 6) is 1.36. The van der Waals surface area contributed by atoms with Gasteiger partial charge in [0.25, 0.3) is 0 Å². The van der Waals surface area contributed by atoms with E-state index in [1.807, 2.05) is 6.92 Å². The van der Waals surface area contributed by atoms with E-state index in [9.17, 15) is 14.4 Å². The molecule has 0 aromatic heterocycles. The van der Waals surface area contributed by atoms with Crippen molar-refractivity contribution in [3.63, 3.8) is 0 Å². The Morgan fingerprint density at radius 2 is 1.12 bits per heavy atom. The second-order valence-electron chi connectivity index (χ2n) is 8.87. The number of ether oxygens (including phenoxy) is 7. The van der Waals surface area contributed by atoms with Crippen molar-refractivity contribution in [3.05, 3.63) is 103 Å². The molecule has 0 aliphatic heterocycles. The highest BCUT2D eigenvalue weighted by atomic mass is 16.7. The van der Waals surface area contributed by atoms with E-state index in [1.165, 1.54) is 0 Å². The number of carbonyl (C=O) groups is 3. The second kappa shape index (κ2) is 17.5. The molecule has 0 aliphatic carbocycles. The number of hydrogen-bond donors (Lipinski definition) is 0. The van der Waals surface area contributed by atoms with Gasteiger partial charge in [-0.1, -0.05) is 13.2 Å². The van der Waals surface area contributed by atoms with Gasteiger partial charge in [-0.3, -0.25) is 0 Å². The van der Waals surface area contributed by atoms with Crippen molar-refractivity contribution in [1.82, 2.24) is 0 Å². The molecule has 0 amide bonds. The molecule has 3 aromatic carbocycles. The van der Waals surface area contributed by atoms with Gasteiger partial charge in [-0.2, -0.15) is 0 Å². The van der Waals surface area contributed by atoms with Gasteiger partial charge in [0.1, 0.15) is 28.7 Å². The highest BCUT2D eigenvalue weighted by molar-refractivity contribution is 5.91. The molecule has 3 rings (SSSR count). The van der Waals surface area contributed by atoms with Crippen molar-refractivity contribution in [2.75, 3.05) is 33.2 Å². The number of esters is 3. The Kier molecular flexibility index (Phi) is 13.2. The summed E-state index contributed by atoms with van der Waals surface area (Å²) in [6, 6.07) is 18.7. The fraction of sp³-hybridized carbons (Fsp3) is 0.242. The first-order valence-electron chi connectivity index (χ1n) is 13.5. The Morgan fingerprint density at radius 3 is 1.63 bits per heavy atom. The summed E-state index contributed by atoms with van der Waals surface area (Å²) in [5, 5.41) is 0. The van der Waals surface area contributed by atoms with Crippen molar-refractivity contribution in [2.24, 2.45) is 0 Å². The van der Waals surface area contributed by atoms with E-state index >= 15 is 0 Å². The van der Waals surface area contributed by atoms with E-state index in [4.69, 9.17) is 33.2 Å². The molecule has 0 heterocycles. The van der Waals surface area contributed by atoms with Crippen LogP contribution in [0.4, 0.5) is 0 Å². The molecule has 10 heteroatoms. The second-order valence-corrected chi connectivity index (χ2v) is 8.87. The molecule has 3 aromatic rings. The SMILES string of the molecule is C=CC(=O)OCCCOc1ccc(OCOc2ccc(OC(=O)c3ccc(OCCCOC(=O)C=C)cc3)cc2C)cc1. The summed E-state index contributed by atoms with van der Waals surface area (Å²) >= 11 is 0. The molecule has 0 N–H and O–H groups in total. The Hall–Kier alpha value is -5.25. The van der Waals surface area contributed by atoms with Crippen LogP contribution in [0.1, 0.15) is 28.8 Å². The fourth-order valence-corrected chi connectivity index (χ4v) is 3.45. The van der Waals surface area contributed by atoms with Gasteiger partial charge in [-0.25, -0.2) is 14.4 Å². The molecule has 0 saturated heterocycles. The van der Waals surface area contributed by atoms with Gasteiger partial charge < -0.3 is 33.2 Å². The number of rotatable bonds is 18. The molecule has 0 aliphatic rings. The molecular weight excluding hydrogens is 556 g/mol. The predicted octanol–water partition coefficient (Wildman–Crippen LogP) is 5.63. The zero-order valence-electron chi connectivity index (χ0n) is 24.0. The number of aryl methyl sites for hydroxylation is 1. The van der Waals surface area contributed by atoms with Crippen molar-refractivity contribution in [1.29, 1.82) is 0 Å². The number of hydrogen-bond acceptors (Lipinski definition) is 10. The first kappa shape index (κ1) is 32.3. The minimum Gasteiger partial charge on any atom is -0.493 e. The maximum Gasteiger partial charge on any atom is 0.343 e. The molecule has 0 fully saturated rings. The predicted molar refractivity (Wildman–Crippen MR) is 158 cm³/mol. The topological polar surface area (TPSA) is 116 Å². The van der Waals surface area contributed by atoms with Crippen LogP contribution in [0.5, 0.6) is 28.7 Å². The standard InChI is InChI=1S/C33H34O10/c1-4-31(34)39-20-6-18-37-26-10-8-25(9-11-26)33(36)43-29-16-17-30(24(3)22-29)42-23-41-28-14-12-27(13-15-28)38-19-7-21-40-32(35)5-2/h4-5,8-17,22H,1-2,6-7,18-21,23H2,3H3. The lowest BCUT2D eigenvalue weighted by molar-refractivity contribution is -0.138. The van der Waals surface area contributed by atoms with Gasteiger partial charge in [-0.05, 0) is 79.2 Å². The van der Waals surface area contributed by atoms with Crippen LogP contribution >= 0.6 is 0 Å². The summed E-state index contributed by atoms with van der Waals surface area (Å²) in [6.45, 7) is 9.73. The first-order chi connectivity index (χ1) is 20.9. The van der Waals surface area contributed by atoms with E-state index in [0.29, 0.717) is 60.4 Å². The summed E-state index contributed by atoms with van der Waals surface area (Å²) in [4.78, 5) is 34.6. The van der Waals surface area contributed by atoms with Crippen LogP contribution in [-0.4, -0.2) is 51.1 Å². The smallest absolute Gasteiger partial charge is 0.343 e. The van der Waals surface area contributed by atoms with E-state index in [1.54, 1.807) is 66.7 Å². The monoisotopic (exact) mass is 590 g/mol. The molecule has 226 valence electrons. The van der Waals surface area contributed by atoms with Crippen LogP contribution in [0.3, 0.4) is 0 Å². The highest BCUT2D eigenvalue weighted by Gasteiger charge is 2.11. The van der Waals surface area contributed by atoms with Gasteiger partial charge in [0.2, 0.25) is 6.79 Å². The minimum atomic E-state index is -0.511. The summed E-state index contributed by atoms with van der Waals surface area (Å²) in [5.41, 5.74) is 1.13. The molecule has 10 nitrogen and oxygen atoms in total. The normalized spacial score (nSPS) is 10.2. The summed E-state index contributed by atoms with van der Waals surface area (Å²) < 4.78 is 37.9. The quantitative estimate of drug-likeness (QED) is 0.0607. The highest BCUT2D eigenvalue weighted by Crippen LogP contribution is 2.25. The minimum absolute atomic E-state index is 0.0246. The number of carbonyl (C=O) groups excluding carboxylic acids is 3.